The lowest BCUT2D eigenvalue weighted by molar-refractivity contribution is -0.386. The number of rotatable bonds is 5. The van der Waals surface area contributed by atoms with Crippen molar-refractivity contribution in [2.75, 3.05) is 0 Å². The SMILES string of the molecule is O=[N+]([O-])c1cccc(/C=N/Oc2ncccc2[N+](=O)[O-])c1. The van der Waals surface area contributed by atoms with Gasteiger partial charge in [0.05, 0.1) is 16.1 Å². The lowest BCUT2D eigenvalue weighted by Crippen LogP contribution is -1.96. The highest BCUT2D eigenvalue weighted by Crippen LogP contribution is 2.22. The van der Waals surface area contributed by atoms with E-state index in [1.54, 1.807) is 6.07 Å². The van der Waals surface area contributed by atoms with Crippen LogP contribution < -0.4 is 4.84 Å². The van der Waals surface area contributed by atoms with Gasteiger partial charge in [-0.15, -0.1) is 0 Å². The van der Waals surface area contributed by atoms with E-state index in [0.29, 0.717) is 5.56 Å². The van der Waals surface area contributed by atoms with Crippen molar-refractivity contribution < 1.29 is 14.7 Å². The first kappa shape index (κ1) is 14.1. The van der Waals surface area contributed by atoms with Gasteiger partial charge >= 0.3 is 11.6 Å². The number of nitrogens with zero attached hydrogens (tertiary/aromatic N) is 4. The molecule has 106 valence electrons. The maximum atomic E-state index is 10.7. The first-order valence-corrected chi connectivity index (χ1v) is 5.62. The van der Waals surface area contributed by atoms with Crippen LogP contribution in [0.15, 0.2) is 47.8 Å². The molecule has 9 heteroatoms. The van der Waals surface area contributed by atoms with Crippen LogP contribution in [-0.4, -0.2) is 21.0 Å². The fraction of sp³-hybridized carbons (Fsp3) is 0. The molecule has 0 aliphatic rings. The van der Waals surface area contributed by atoms with Crippen LogP contribution in [0.3, 0.4) is 0 Å². The Balaban J connectivity index is 2.15. The van der Waals surface area contributed by atoms with Gasteiger partial charge in [0.25, 0.3) is 5.69 Å². The quantitative estimate of drug-likeness (QED) is 0.472. The predicted octanol–water partition coefficient (Wildman–Crippen LogP) is 2.31. The average molecular weight is 288 g/mol. The molecule has 1 aromatic carbocycles. The van der Waals surface area contributed by atoms with Gasteiger partial charge in [-0.1, -0.05) is 17.3 Å². The van der Waals surface area contributed by atoms with Gasteiger partial charge in [0.1, 0.15) is 0 Å². The Morgan fingerprint density at radius 1 is 1.14 bits per heavy atom. The van der Waals surface area contributed by atoms with E-state index in [4.69, 9.17) is 4.84 Å². The van der Waals surface area contributed by atoms with Gasteiger partial charge in [-0.3, -0.25) is 20.2 Å². The van der Waals surface area contributed by atoms with E-state index in [2.05, 4.69) is 10.1 Å². The molecule has 0 saturated heterocycles. The minimum Gasteiger partial charge on any atom is -0.329 e. The molecule has 0 spiro atoms. The first-order valence-electron chi connectivity index (χ1n) is 5.62. The molecular formula is C12H8N4O5. The second kappa shape index (κ2) is 6.19. The third-order valence-electron chi connectivity index (χ3n) is 2.37. The number of oxime groups is 1. The summed E-state index contributed by atoms with van der Waals surface area (Å²) in [7, 11) is 0. The lowest BCUT2D eigenvalue weighted by atomic mass is 10.2. The maximum Gasteiger partial charge on any atom is 0.333 e. The van der Waals surface area contributed by atoms with Crippen LogP contribution in [0.25, 0.3) is 0 Å². The van der Waals surface area contributed by atoms with E-state index < -0.39 is 9.85 Å². The van der Waals surface area contributed by atoms with Crippen LogP contribution in [0.5, 0.6) is 5.88 Å². The molecule has 0 N–H and O–H groups in total. The molecule has 0 aliphatic heterocycles. The van der Waals surface area contributed by atoms with Crippen LogP contribution >= 0.6 is 0 Å². The number of aromatic nitrogens is 1. The molecule has 0 bridgehead atoms. The summed E-state index contributed by atoms with van der Waals surface area (Å²) in [5.74, 6) is -0.260. The molecule has 21 heavy (non-hydrogen) atoms. The summed E-state index contributed by atoms with van der Waals surface area (Å²) in [5, 5.41) is 24.9. The van der Waals surface area contributed by atoms with E-state index in [0.717, 1.165) is 0 Å². The lowest BCUT2D eigenvalue weighted by Gasteiger charge is -1.98. The van der Waals surface area contributed by atoms with Gasteiger partial charge in [-0.2, -0.15) is 0 Å². The van der Waals surface area contributed by atoms with Gasteiger partial charge in [-0.05, 0) is 6.07 Å². The Bertz CT molecular complexity index is 716. The normalized spacial score (nSPS) is 10.5. The van der Waals surface area contributed by atoms with E-state index in [9.17, 15) is 20.2 Å². The highest BCUT2D eigenvalue weighted by molar-refractivity contribution is 5.80. The highest BCUT2D eigenvalue weighted by Gasteiger charge is 2.15. The van der Waals surface area contributed by atoms with E-state index in [1.807, 2.05) is 0 Å². The summed E-state index contributed by atoms with van der Waals surface area (Å²) in [6.07, 6.45) is 2.52. The second-order valence-electron chi connectivity index (χ2n) is 3.76. The third kappa shape index (κ3) is 3.56. The zero-order chi connectivity index (χ0) is 15.2. The van der Waals surface area contributed by atoms with Crippen LogP contribution in [0.1, 0.15) is 5.56 Å². The predicted molar refractivity (Wildman–Crippen MR) is 72.2 cm³/mol. The Hall–Kier alpha value is -3.36. The minimum absolute atomic E-state index is 0.0947. The Morgan fingerprint density at radius 2 is 1.95 bits per heavy atom. The number of hydrogen-bond acceptors (Lipinski definition) is 7. The summed E-state index contributed by atoms with van der Waals surface area (Å²) >= 11 is 0. The average Bonchev–Trinajstić information content (AvgIpc) is 2.48. The molecule has 0 fully saturated rings. The third-order valence-corrected chi connectivity index (χ3v) is 2.37. The number of pyridine rings is 1. The fourth-order valence-electron chi connectivity index (χ4n) is 1.45. The molecule has 2 aromatic rings. The molecule has 1 heterocycles. The molecule has 9 nitrogen and oxygen atoms in total. The topological polar surface area (TPSA) is 121 Å². The molecule has 0 atom stereocenters. The highest BCUT2D eigenvalue weighted by atomic mass is 16.7. The standard InChI is InChI=1S/C12H8N4O5/c17-15(18)10-4-1-3-9(7-10)8-14-21-12-11(16(19)20)5-2-6-13-12/h1-8H/b14-8+. The monoisotopic (exact) mass is 288 g/mol. The van der Waals surface area contributed by atoms with Crippen LogP contribution in [0, 0.1) is 20.2 Å². The summed E-state index contributed by atoms with van der Waals surface area (Å²) in [6, 6.07) is 8.32. The van der Waals surface area contributed by atoms with Crippen molar-refractivity contribution in [1.29, 1.82) is 0 Å². The molecular weight excluding hydrogens is 280 g/mol. The van der Waals surface area contributed by atoms with Gasteiger partial charge in [0.15, 0.2) is 0 Å². The van der Waals surface area contributed by atoms with Crippen molar-refractivity contribution in [1.82, 2.24) is 4.98 Å². The molecule has 0 radical (unpaired) electrons. The summed E-state index contributed by atoms with van der Waals surface area (Å²) in [6.45, 7) is 0. The van der Waals surface area contributed by atoms with Gasteiger partial charge in [0, 0.05) is 30.0 Å². The summed E-state index contributed by atoms with van der Waals surface area (Å²) < 4.78 is 0. The second-order valence-corrected chi connectivity index (χ2v) is 3.76. The van der Waals surface area contributed by atoms with Crippen molar-refractivity contribution in [2.24, 2.45) is 5.16 Å². The number of nitro groups is 2. The molecule has 0 unspecified atom stereocenters. The van der Waals surface area contributed by atoms with Crippen molar-refractivity contribution >= 4 is 17.6 Å². The summed E-state index contributed by atoms with van der Waals surface area (Å²) in [5.41, 5.74) is -0.000701. The van der Waals surface area contributed by atoms with Crippen molar-refractivity contribution in [3.63, 3.8) is 0 Å². The zero-order valence-corrected chi connectivity index (χ0v) is 10.4. The number of non-ortho nitro benzene ring substituents is 1. The minimum atomic E-state index is -0.648. The fourth-order valence-corrected chi connectivity index (χ4v) is 1.45. The maximum absolute atomic E-state index is 10.7. The van der Waals surface area contributed by atoms with Gasteiger partial charge in [-0.25, -0.2) is 4.98 Å². The Morgan fingerprint density at radius 3 is 2.67 bits per heavy atom. The Labute approximate surface area is 117 Å². The zero-order valence-electron chi connectivity index (χ0n) is 10.4. The van der Waals surface area contributed by atoms with Crippen molar-refractivity contribution in [3.05, 3.63) is 68.4 Å². The van der Waals surface area contributed by atoms with Crippen molar-refractivity contribution in [2.45, 2.75) is 0 Å². The van der Waals surface area contributed by atoms with E-state index in [1.165, 1.54) is 42.7 Å². The number of hydrogen-bond donors (Lipinski definition) is 0. The molecule has 1 aromatic heterocycles. The first-order chi connectivity index (χ1) is 10.1. The van der Waals surface area contributed by atoms with Crippen LogP contribution in [-0.2, 0) is 0 Å². The van der Waals surface area contributed by atoms with Crippen LogP contribution in [0.2, 0.25) is 0 Å². The van der Waals surface area contributed by atoms with E-state index >= 15 is 0 Å². The number of benzene rings is 1. The molecule has 0 amide bonds. The van der Waals surface area contributed by atoms with E-state index in [-0.39, 0.29) is 17.3 Å². The molecule has 0 aliphatic carbocycles. The van der Waals surface area contributed by atoms with Crippen molar-refractivity contribution in [3.8, 4) is 5.88 Å². The van der Waals surface area contributed by atoms with Gasteiger partial charge in [0.2, 0.25) is 0 Å². The largest absolute Gasteiger partial charge is 0.333 e. The smallest absolute Gasteiger partial charge is 0.329 e. The summed E-state index contributed by atoms with van der Waals surface area (Å²) in [4.78, 5) is 28.7. The molecule has 2 rings (SSSR count). The Kier molecular flexibility index (Phi) is 4.14. The molecule has 0 saturated carbocycles. The van der Waals surface area contributed by atoms with Gasteiger partial charge < -0.3 is 4.84 Å². The van der Waals surface area contributed by atoms with Crippen LogP contribution in [0.4, 0.5) is 11.4 Å². The number of nitro benzene ring substituents is 1.